The first-order valence-electron chi connectivity index (χ1n) is 9.42. The molecule has 0 N–H and O–H groups in total. The number of anilines is 1. The Balaban J connectivity index is 1.42. The van der Waals surface area contributed by atoms with Gasteiger partial charge in [0.15, 0.2) is 0 Å². The fraction of sp³-hybridized carbons (Fsp3) is 0.409. The molecule has 130 valence electrons. The van der Waals surface area contributed by atoms with Gasteiger partial charge >= 0.3 is 0 Å². The van der Waals surface area contributed by atoms with Crippen LogP contribution in [0, 0.1) is 5.92 Å². The fourth-order valence-corrected chi connectivity index (χ4v) is 3.94. The van der Waals surface area contributed by atoms with Crippen molar-refractivity contribution in [3.8, 4) is 0 Å². The molecule has 3 nitrogen and oxygen atoms in total. The quantitative estimate of drug-likeness (QED) is 0.843. The number of hydrogen-bond donors (Lipinski definition) is 0. The number of para-hydroxylation sites is 1. The van der Waals surface area contributed by atoms with E-state index in [-0.39, 0.29) is 5.91 Å². The number of fused-ring (bicyclic) bond motifs is 1. The van der Waals surface area contributed by atoms with Gasteiger partial charge in [0.2, 0.25) is 0 Å². The number of carbonyl (C=O) groups excluding carboxylic acids is 1. The van der Waals surface area contributed by atoms with Crippen LogP contribution < -0.4 is 4.90 Å². The number of rotatable bonds is 3. The molecule has 2 aliphatic rings. The molecule has 0 radical (unpaired) electrons. The molecule has 2 heterocycles. The molecule has 0 spiro atoms. The number of piperidine rings is 1. The van der Waals surface area contributed by atoms with Crippen LogP contribution in [0.3, 0.4) is 0 Å². The van der Waals surface area contributed by atoms with Crippen molar-refractivity contribution < 1.29 is 4.79 Å². The normalized spacial score (nSPS) is 17.6. The van der Waals surface area contributed by atoms with Crippen molar-refractivity contribution in [3.05, 3.63) is 65.2 Å². The molecule has 1 amide bonds. The molecular weight excluding hydrogens is 308 g/mol. The van der Waals surface area contributed by atoms with Gasteiger partial charge in [-0.15, -0.1) is 0 Å². The van der Waals surface area contributed by atoms with E-state index >= 15 is 0 Å². The zero-order chi connectivity index (χ0) is 17.2. The second-order valence-electron chi connectivity index (χ2n) is 7.47. The Labute approximate surface area is 150 Å². The third kappa shape index (κ3) is 3.41. The van der Waals surface area contributed by atoms with Crippen LogP contribution in [0.15, 0.2) is 48.5 Å². The number of benzene rings is 2. The maximum atomic E-state index is 12.6. The zero-order valence-corrected chi connectivity index (χ0v) is 14.9. The molecule has 0 aromatic heterocycles. The molecule has 0 aliphatic carbocycles. The van der Waals surface area contributed by atoms with Crippen molar-refractivity contribution in [3.63, 3.8) is 0 Å². The predicted molar refractivity (Wildman–Crippen MR) is 102 cm³/mol. The molecule has 2 aromatic carbocycles. The van der Waals surface area contributed by atoms with E-state index in [2.05, 4.69) is 48.2 Å². The van der Waals surface area contributed by atoms with E-state index in [4.69, 9.17) is 0 Å². The SMILES string of the molecule is CC1CCN(C(=O)c2ccc(CN3CCc4ccccc43)cc2)CC1. The molecule has 25 heavy (non-hydrogen) atoms. The molecule has 1 saturated heterocycles. The maximum Gasteiger partial charge on any atom is 0.253 e. The summed E-state index contributed by atoms with van der Waals surface area (Å²) in [6, 6.07) is 16.9. The van der Waals surface area contributed by atoms with E-state index in [1.807, 2.05) is 17.0 Å². The van der Waals surface area contributed by atoms with Crippen molar-refractivity contribution in [2.24, 2.45) is 5.92 Å². The third-order valence-electron chi connectivity index (χ3n) is 5.63. The highest BCUT2D eigenvalue weighted by atomic mass is 16.2. The number of nitrogens with zero attached hydrogens (tertiary/aromatic N) is 2. The van der Waals surface area contributed by atoms with Crippen LogP contribution in [-0.4, -0.2) is 30.4 Å². The molecule has 0 saturated carbocycles. The Kier molecular flexibility index (Phi) is 4.48. The number of hydrogen-bond acceptors (Lipinski definition) is 2. The van der Waals surface area contributed by atoms with Crippen molar-refractivity contribution in [1.82, 2.24) is 4.90 Å². The Bertz CT molecular complexity index is 745. The minimum Gasteiger partial charge on any atom is -0.367 e. The Morgan fingerprint density at radius 2 is 1.72 bits per heavy atom. The van der Waals surface area contributed by atoms with Gasteiger partial charge in [-0.05, 0) is 54.5 Å². The first-order valence-corrected chi connectivity index (χ1v) is 9.42. The van der Waals surface area contributed by atoms with Gasteiger partial charge < -0.3 is 9.80 Å². The summed E-state index contributed by atoms with van der Waals surface area (Å²) in [5.74, 6) is 0.930. The summed E-state index contributed by atoms with van der Waals surface area (Å²) in [6.45, 7) is 6.05. The van der Waals surface area contributed by atoms with Crippen molar-refractivity contribution in [2.45, 2.75) is 32.7 Å². The number of likely N-dealkylation sites (tertiary alicyclic amines) is 1. The average Bonchev–Trinajstić information content (AvgIpc) is 3.06. The molecule has 4 rings (SSSR count). The summed E-state index contributed by atoms with van der Waals surface area (Å²) in [4.78, 5) is 17.1. The Morgan fingerprint density at radius 1 is 1.00 bits per heavy atom. The minimum absolute atomic E-state index is 0.185. The largest absolute Gasteiger partial charge is 0.367 e. The average molecular weight is 334 g/mol. The lowest BCUT2D eigenvalue weighted by Crippen LogP contribution is -2.37. The summed E-state index contributed by atoms with van der Waals surface area (Å²) >= 11 is 0. The van der Waals surface area contributed by atoms with Crippen LogP contribution in [0.1, 0.15) is 41.3 Å². The van der Waals surface area contributed by atoms with Crippen LogP contribution in [0.5, 0.6) is 0 Å². The van der Waals surface area contributed by atoms with Crippen LogP contribution in [0.2, 0.25) is 0 Å². The van der Waals surface area contributed by atoms with Crippen LogP contribution >= 0.6 is 0 Å². The van der Waals surface area contributed by atoms with E-state index < -0.39 is 0 Å². The second-order valence-corrected chi connectivity index (χ2v) is 7.47. The highest BCUT2D eigenvalue weighted by Gasteiger charge is 2.22. The molecule has 2 aliphatic heterocycles. The topological polar surface area (TPSA) is 23.6 Å². The molecule has 3 heteroatoms. The summed E-state index contributed by atoms with van der Waals surface area (Å²) in [7, 11) is 0. The predicted octanol–water partition coefficient (Wildman–Crippen LogP) is 4.12. The molecule has 0 unspecified atom stereocenters. The highest BCUT2D eigenvalue weighted by molar-refractivity contribution is 5.94. The zero-order valence-electron chi connectivity index (χ0n) is 14.9. The van der Waals surface area contributed by atoms with Crippen molar-refractivity contribution in [1.29, 1.82) is 0 Å². The first-order chi connectivity index (χ1) is 12.2. The van der Waals surface area contributed by atoms with Crippen molar-refractivity contribution >= 4 is 11.6 Å². The van der Waals surface area contributed by atoms with Crippen LogP contribution in [0.25, 0.3) is 0 Å². The van der Waals surface area contributed by atoms with E-state index in [1.165, 1.54) is 16.8 Å². The summed E-state index contributed by atoms with van der Waals surface area (Å²) in [5.41, 5.74) is 4.87. The minimum atomic E-state index is 0.185. The maximum absolute atomic E-state index is 12.6. The fourth-order valence-electron chi connectivity index (χ4n) is 3.94. The standard InChI is InChI=1S/C22H26N2O/c1-17-10-13-23(14-11-17)22(25)20-8-6-18(7-9-20)16-24-15-12-19-4-2-3-5-21(19)24/h2-9,17H,10-16H2,1H3. The van der Waals surface area contributed by atoms with E-state index in [1.54, 1.807) is 0 Å². The monoisotopic (exact) mass is 334 g/mol. The highest BCUT2D eigenvalue weighted by Crippen LogP contribution is 2.29. The van der Waals surface area contributed by atoms with Gasteiger partial charge in [-0.3, -0.25) is 4.79 Å². The summed E-state index contributed by atoms with van der Waals surface area (Å²) in [6.07, 6.45) is 3.37. The van der Waals surface area contributed by atoms with E-state index in [0.717, 1.165) is 56.9 Å². The van der Waals surface area contributed by atoms with Gasteiger partial charge in [-0.1, -0.05) is 37.3 Å². The van der Waals surface area contributed by atoms with Crippen LogP contribution in [-0.2, 0) is 13.0 Å². The van der Waals surface area contributed by atoms with E-state index in [0.29, 0.717) is 0 Å². The smallest absolute Gasteiger partial charge is 0.253 e. The number of carbonyl (C=O) groups is 1. The Morgan fingerprint density at radius 3 is 2.48 bits per heavy atom. The molecule has 0 bridgehead atoms. The first kappa shape index (κ1) is 16.2. The van der Waals surface area contributed by atoms with Gasteiger partial charge in [0.05, 0.1) is 0 Å². The molecule has 0 atom stereocenters. The van der Waals surface area contributed by atoms with E-state index in [9.17, 15) is 4.79 Å². The van der Waals surface area contributed by atoms with Gasteiger partial charge in [0, 0.05) is 37.4 Å². The number of amides is 1. The summed E-state index contributed by atoms with van der Waals surface area (Å²) < 4.78 is 0. The summed E-state index contributed by atoms with van der Waals surface area (Å²) in [5, 5.41) is 0. The van der Waals surface area contributed by atoms with Crippen molar-refractivity contribution in [2.75, 3.05) is 24.5 Å². The lowest BCUT2D eigenvalue weighted by atomic mass is 9.98. The molecule has 1 fully saturated rings. The second kappa shape index (κ2) is 6.91. The van der Waals surface area contributed by atoms with Gasteiger partial charge in [-0.2, -0.15) is 0 Å². The Hall–Kier alpha value is -2.29. The van der Waals surface area contributed by atoms with Gasteiger partial charge in [0.1, 0.15) is 0 Å². The molecule has 2 aromatic rings. The lowest BCUT2D eigenvalue weighted by molar-refractivity contribution is 0.0697. The third-order valence-corrected chi connectivity index (χ3v) is 5.63. The van der Waals surface area contributed by atoms with Gasteiger partial charge in [0.25, 0.3) is 5.91 Å². The lowest BCUT2D eigenvalue weighted by Gasteiger charge is -2.30. The molecular formula is C22H26N2O. The van der Waals surface area contributed by atoms with Gasteiger partial charge in [-0.25, -0.2) is 0 Å². The van der Waals surface area contributed by atoms with Crippen LogP contribution in [0.4, 0.5) is 5.69 Å².